The predicted octanol–water partition coefficient (Wildman–Crippen LogP) is 14.4. The van der Waals surface area contributed by atoms with Crippen molar-refractivity contribution in [1.29, 1.82) is 0 Å². The van der Waals surface area contributed by atoms with Crippen LogP contribution in [0.15, 0.2) is 36.5 Å². The number of aliphatic hydroxyl groups is 9. The van der Waals surface area contributed by atoms with Gasteiger partial charge >= 0.3 is 17.9 Å². The highest BCUT2D eigenvalue weighted by Crippen LogP contribution is 2.44. The van der Waals surface area contributed by atoms with Gasteiger partial charge in [0.1, 0.15) is 0 Å². The summed E-state index contributed by atoms with van der Waals surface area (Å²) < 4.78 is 0. The van der Waals surface area contributed by atoms with Gasteiger partial charge in [-0.05, 0) is 247 Å². The molecule has 0 spiro atoms. The normalized spacial score (nSPS) is 32.2. The first-order valence-electron chi connectivity index (χ1n) is 37.1. The minimum absolute atomic E-state index is 0.0220. The molecule has 6 rings (SSSR count). The van der Waals surface area contributed by atoms with Crippen molar-refractivity contribution in [3.8, 4) is 0 Å². The number of aliphatic hydroxyl groups excluding tert-OH is 9. The van der Waals surface area contributed by atoms with Gasteiger partial charge in [-0.25, -0.2) is 0 Å². The number of rotatable bonds is 36. The summed E-state index contributed by atoms with van der Waals surface area (Å²) in [6, 6.07) is 0. The molecule has 93 heavy (non-hydrogen) atoms. The lowest BCUT2D eigenvalue weighted by atomic mass is 9.84. The topological polar surface area (TPSA) is 294 Å². The smallest absolute Gasteiger partial charge is 0.309 e. The van der Waals surface area contributed by atoms with Crippen molar-refractivity contribution in [1.82, 2.24) is 0 Å². The van der Waals surface area contributed by atoms with E-state index in [1.165, 1.54) is 0 Å². The van der Waals surface area contributed by atoms with Gasteiger partial charge < -0.3 is 61.3 Å². The molecule has 6 saturated carbocycles. The van der Waals surface area contributed by atoms with Crippen LogP contribution in [0.1, 0.15) is 276 Å². The summed E-state index contributed by atoms with van der Waals surface area (Å²) in [6.07, 6.45) is 38.9. The number of carbonyl (C=O) groups is 3. The van der Waals surface area contributed by atoms with E-state index in [1.54, 1.807) is 41.5 Å². The zero-order valence-corrected chi connectivity index (χ0v) is 60.3. The SMILES string of the molecule is CC(C)(CCCC1CCC(/C=C\C2CCC(CCCC(C)(C)C(=O)O)C2O)C1O)C(=O)O.CC(C)(CO)CCCC1CCC(/C=C\C2CCC(CCCC(C)(C)C(=O)O)C2O)C1O.CC(C)(CO)CCCC1CCC(/C=C\C2CCC(CCCC(C)(C)CO)C2O)C1O. The molecule has 0 aromatic rings. The third-order valence-corrected chi connectivity index (χ3v) is 24.0. The summed E-state index contributed by atoms with van der Waals surface area (Å²) in [7, 11) is 0. The first-order valence-corrected chi connectivity index (χ1v) is 37.1. The molecule has 15 nitrogen and oxygen atoms in total. The molecule has 15 heteroatoms. The van der Waals surface area contributed by atoms with E-state index < -0.39 is 46.4 Å². The molecule has 540 valence electrons. The third-order valence-electron chi connectivity index (χ3n) is 24.0. The van der Waals surface area contributed by atoms with Gasteiger partial charge in [-0.3, -0.25) is 14.4 Å². The van der Waals surface area contributed by atoms with Crippen molar-refractivity contribution in [2.75, 3.05) is 19.8 Å². The van der Waals surface area contributed by atoms with E-state index in [0.29, 0.717) is 37.0 Å². The van der Waals surface area contributed by atoms with Gasteiger partial charge in [-0.15, -0.1) is 0 Å². The van der Waals surface area contributed by atoms with Gasteiger partial charge in [0.25, 0.3) is 0 Å². The van der Waals surface area contributed by atoms with Crippen LogP contribution < -0.4 is 0 Å². The Labute approximate surface area is 563 Å². The number of hydrogen-bond donors (Lipinski definition) is 12. The van der Waals surface area contributed by atoms with Gasteiger partial charge in [0, 0.05) is 55.3 Å². The molecule has 6 fully saturated rings. The minimum Gasteiger partial charge on any atom is -0.481 e. The van der Waals surface area contributed by atoms with Crippen molar-refractivity contribution in [3.05, 3.63) is 36.5 Å². The van der Waals surface area contributed by atoms with E-state index in [2.05, 4.69) is 78.0 Å². The molecule has 0 radical (unpaired) electrons. The summed E-state index contributed by atoms with van der Waals surface area (Å²) in [5.74, 6) is 0.419. The molecule has 0 amide bonds. The summed E-state index contributed by atoms with van der Waals surface area (Å²) in [4.78, 5) is 33.8. The number of aliphatic carboxylic acids is 3. The van der Waals surface area contributed by atoms with Crippen molar-refractivity contribution < 1.29 is 75.7 Å². The van der Waals surface area contributed by atoms with Crippen molar-refractivity contribution >= 4 is 17.9 Å². The van der Waals surface area contributed by atoms with Crippen LogP contribution in [0.2, 0.25) is 0 Å². The third kappa shape index (κ3) is 26.8. The Kier molecular flexibility index (Phi) is 33.8. The summed E-state index contributed by atoms with van der Waals surface area (Å²) in [5.41, 5.74) is -2.23. The standard InChI is InChI=1S/C26H44O6.C26H46O5.C26H48O4/c1-25(2,23(29)30)15-5-7-17-9-11-19(21(17)27)13-14-20-12-10-18(22(20)28)8-6-16-26(3,4)24(31)32;1-25(2,17-27)15-5-7-18-9-11-20(22(18)28)13-14-21-12-10-19(23(21)29)8-6-16-26(3,4)24(30)31;1-25(2,17-27)15-5-7-19-9-11-21(23(19)29)13-14-22-12-10-20(24(22)30)8-6-16-26(3,4)18-28/h13-14,17-22,27-28H,5-12,15-16H2,1-4H3,(H,29,30)(H,31,32);13-14,18-23,27-29H,5-12,15-17H2,1-4H3,(H,30,31);13-14,19-24,27-30H,5-12,15-18H2,1-4H3/b3*14-13-. The zero-order valence-electron chi connectivity index (χ0n) is 60.3. The van der Waals surface area contributed by atoms with Crippen LogP contribution in [0.4, 0.5) is 0 Å². The van der Waals surface area contributed by atoms with Crippen LogP contribution in [0.5, 0.6) is 0 Å². The van der Waals surface area contributed by atoms with Crippen molar-refractivity contribution in [2.24, 2.45) is 104 Å². The maximum absolute atomic E-state index is 11.3. The Balaban J connectivity index is 0.000000297. The fourth-order valence-corrected chi connectivity index (χ4v) is 16.1. The van der Waals surface area contributed by atoms with E-state index in [9.17, 15) is 75.7 Å². The lowest BCUT2D eigenvalue weighted by Crippen LogP contribution is -2.25. The summed E-state index contributed by atoms with van der Waals surface area (Å²) in [6.45, 7) is 23.7. The first kappa shape index (κ1) is 82.7. The van der Waals surface area contributed by atoms with Crippen LogP contribution in [0.3, 0.4) is 0 Å². The van der Waals surface area contributed by atoms with Gasteiger partial charge in [-0.1, -0.05) is 117 Å². The zero-order chi connectivity index (χ0) is 69.7. The molecule has 12 N–H and O–H groups in total. The van der Waals surface area contributed by atoms with E-state index in [4.69, 9.17) is 0 Å². The number of carboxylic acids is 3. The van der Waals surface area contributed by atoms with E-state index in [0.717, 1.165) is 173 Å². The highest BCUT2D eigenvalue weighted by molar-refractivity contribution is 5.74. The Hall–Kier alpha value is -2.73. The average Bonchev–Trinajstić information content (AvgIpc) is 1.78. The molecule has 6 aliphatic carbocycles. The van der Waals surface area contributed by atoms with E-state index >= 15 is 0 Å². The van der Waals surface area contributed by atoms with Crippen LogP contribution in [-0.4, -0.2) is 136 Å². The summed E-state index contributed by atoms with van der Waals surface area (Å²) in [5, 5.41) is 120. The fraction of sp³-hybridized carbons (Fsp3) is 0.885. The molecular formula is C78H138O15. The molecule has 6 aliphatic rings. The molecular weight excluding hydrogens is 1180 g/mol. The molecule has 0 aliphatic heterocycles. The van der Waals surface area contributed by atoms with Gasteiger partial charge in [0.15, 0.2) is 0 Å². The van der Waals surface area contributed by atoms with E-state index in [-0.39, 0.29) is 114 Å². The van der Waals surface area contributed by atoms with Gasteiger partial charge in [-0.2, -0.15) is 0 Å². The average molecular weight is 1320 g/mol. The van der Waals surface area contributed by atoms with E-state index in [1.807, 2.05) is 0 Å². The number of hydrogen-bond acceptors (Lipinski definition) is 12. The Morgan fingerprint density at radius 3 is 0.570 bits per heavy atom. The van der Waals surface area contributed by atoms with Crippen molar-refractivity contribution in [3.63, 3.8) is 0 Å². The Morgan fingerprint density at radius 1 is 0.280 bits per heavy atom. The Morgan fingerprint density at radius 2 is 0.430 bits per heavy atom. The molecule has 0 aromatic carbocycles. The molecule has 0 saturated heterocycles. The number of carboxylic acid groups (broad SMARTS) is 3. The Bertz CT molecular complexity index is 2180. The molecule has 18 unspecified atom stereocenters. The second-order valence-corrected chi connectivity index (χ2v) is 35.0. The molecule has 0 aromatic heterocycles. The van der Waals surface area contributed by atoms with Crippen LogP contribution in [0, 0.1) is 104 Å². The highest BCUT2D eigenvalue weighted by Gasteiger charge is 2.41. The van der Waals surface area contributed by atoms with Crippen molar-refractivity contribution in [2.45, 2.75) is 312 Å². The van der Waals surface area contributed by atoms with Crippen LogP contribution in [0.25, 0.3) is 0 Å². The molecule has 0 bridgehead atoms. The van der Waals surface area contributed by atoms with Crippen LogP contribution in [-0.2, 0) is 14.4 Å². The minimum atomic E-state index is -0.774. The second-order valence-electron chi connectivity index (χ2n) is 35.0. The van der Waals surface area contributed by atoms with Gasteiger partial charge in [0.05, 0.1) is 52.9 Å². The van der Waals surface area contributed by atoms with Crippen LogP contribution >= 0.6 is 0 Å². The highest BCUT2D eigenvalue weighted by atomic mass is 16.4. The van der Waals surface area contributed by atoms with Gasteiger partial charge in [0.2, 0.25) is 0 Å². The second kappa shape index (κ2) is 38.0. The lowest BCUT2D eigenvalue weighted by Gasteiger charge is -2.24. The first-order chi connectivity index (χ1) is 43.4. The summed E-state index contributed by atoms with van der Waals surface area (Å²) >= 11 is 0. The maximum atomic E-state index is 11.3. The monoisotopic (exact) mass is 1320 g/mol. The lowest BCUT2D eigenvalue weighted by molar-refractivity contribution is -0.148. The maximum Gasteiger partial charge on any atom is 0.309 e. The largest absolute Gasteiger partial charge is 0.481 e. The quantitative estimate of drug-likeness (QED) is 0.0260. The predicted molar refractivity (Wildman–Crippen MR) is 371 cm³/mol. The fourth-order valence-electron chi connectivity index (χ4n) is 16.1. The molecule has 0 heterocycles. The molecule has 18 atom stereocenters.